The highest BCUT2D eigenvalue weighted by Gasteiger charge is 2.46. The third-order valence-electron chi connectivity index (χ3n) is 7.64. The van der Waals surface area contributed by atoms with Gasteiger partial charge in [0.05, 0.1) is 24.4 Å². The van der Waals surface area contributed by atoms with Crippen LogP contribution in [0.25, 0.3) is 0 Å². The highest BCUT2D eigenvalue weighted by atomic mass is 16.6. The smallest absolute Gasteiger partial charge is 0.330 e. The van der Waals surface area contributed by atoms with Gasteiger partial charge < -0.3 is 24.4 Å². The standard InChI is InChI=1S/C29H42O6/c1-20-8-5-11-22-12-6-13-23(33-22)14-7-15-28(32)34-26(19-27-29(35-27)25(31)18-20)24(30)17-16-21-9-3-2-4-10-21/h6-7,13,15-17,21-27,29-31H,1-5,8-12,14,18-19H2/b15-7-,17-16+/t22-,23+,24+,25+,26+,27+,29+/m1/s1. The van der Waals surface area contributed by atoms with Crippen LogP contribution >= 0.6 is 0 Å². The van der Waals surface area contributed by atoms with Crippen LogP contribution in [0.2, 0.25) is 0 Å². The first-order valence-electron chi connectivity index (χ1n) is 13.5. The van der Waals surface area contributed by atoms with Gasteiger partial charge in [0, 0.05) is 12.5 Å². The molecule has 0 aromatic heterocycles. The third kappa shape index (κ3) is 8.42. The summed E-state index contributed by atoms with van der Waals surface area (Å²) in [5, 5.41) is 21.5. The fourth-order valence-corrected chi connectivity index (χ4v) is 5.52. The van der Waals surface area contributed by atoms with Crippen LogP contribution < -0.4 is 0 Å². The number of epoxide rings is 1. The number of esters is 1. The molecule has 4 rings (SSSR count). The Morgan fingerprint density at radius 3 is 2.71 bits per heavy atom. The summed E-state index contributed by atoms with van der Waals surface area (Å²) in [5.41, 5.74) is 1.01. The van der Waals surface area contributed by atoms with E-state index in [9.17, 15) is 15.0 Å². The van der Waals surface area contributed by atoms with Crippen molar-refractivity contribution in [3.05, 3.63) is 48.6 Å². The Hall–Kier alpha value is -1.73. The van der Waals surface area contributed by atoms with Gasteiger partial charge in [-0.05, 0) is 57.3 Å². The van der Waals surface area contributed by atoms with Crippen LogP contribution in [0.5, 0.6) is 0 Å². The lowest BCUT2D eigenvalue weighted by Gasteiger charge is -2.25. The van der Waals surface area contributed by atoms with Gasteiger partial charge in [0.2, 0.25) is 0 Å². The Balaban J connectivity index is 1.42. The van der Waals surface area contributed by atoms with Gasteiger partial charge in [0.15, 0.2) is 0 Å². The van der Waals surface area contributed by atoms with Crippen molar-refractivity contribution in [1.82, 2.24) is 0 Å². The molecule has 0 aromatic carbocycles. The van der Waals surface area contributed by atoms with Crippen molar-refractivity contribution in [2.45, 2.75) is 120 Å². The molecular formula is C29H42O6. The maximum atomic E-state index is 12.6. The summed E-state index contributed by atoms with van der Waals surface area (Å²) >= 11 is 0. The minimum atomic E-state index is -0.915. The summed E-state index contributed by atoms with van der Waals surface area (Å²) in [6.07, 6.45) is 19.6. The lowest BCUT2D eigenvalue weighted by Crippen LogP contribution is -2.32. The Morgan fingerprint density at radius 2 is 1.89 bits per heavy atom. The Morgan fingerprint density at radius 1 is 1.06 bits per heavy atom. The molecule has 6 heteroatoms. The molecule has 2 fully saturated rings. The zero-order chi connectivity index (χ0) is 24.6. The molecule has 3 heterocycles. The molecule has 7 atom stereocenters. The largest absolute Gasteiger partial charge is 0.456 e. The Bertz CT molecular complexity index is 795. The minimum Gasteiger partial charge on any atom is -0.456 e. The lowest BCUT2D eigenvalue weighted by molar-refractivity contribution is -0.148. The average Bonchev–Trinajstić information content (AvgIpc) is 3.62. The summed E-state index contributed by atoms with van der Waals surface area (Å²) < 4.78 is 17.6. The van der Waals surface area contributed by atoms with Gasteiger partial charge in [-0.2, -0.15) is 0 Å². The molecule has 0 amide bonds. The van der Waals surface area contributed by atoms with E-state index in [-0.39, 0.29) is 24.4 Å². The molecule has 1 saturated heterocycles. The van der Waals surface area contributed by atoms with Gasteiger partial charge in [-0.3, -0.25) is 0 Å². The normalized spacial score (nSPS) is 37.7. The molecule has 35 heavy (non-hydrogen) atoms. The molecule has 0 aromatic rings. The van der Waals surface area contributed by atoms with Crippen LogP contribution in [0.3, 0.4) is 0 Å². The Kier molecular flexibility index (Phi) is 9.78. The van der Waals surface area contributed by atoms with E-state index in [4.69, 9.17) is 14.2 Å². The maximum Gasteiger partial charge on any atom is 0.330 e. The fraction of sp³-hybridized carbons (Fsp3) is 0.690. The van der Waals surface area contributed by atoms with Gasteiger partial charge in [-0.25, -0.2) is 4.79 Å². The molecule has 1 aliphatic carbocycles. The van der Waals surface area contributed by atoms with Crippen LogP contribution in [0.15, 0.2) is 48.6 Å². The second-order valence-corrected chi connectivity index (χ2v) is 10.6. The van der Waals surface area contributed by atoms with Gasteiger partial charge in [-0.15, -0.1) is 0 Å². The van der Waals surface area contributed by atoms with Crippen molar-refractivity contribution in [1.29, 1.82) is 0 Å². The van der Waals surface area contributed by atoms with E-state index in [1.165, 1.54) is 25.3 Å². The summed E-state index contributed by atoms with van der Waals surface area (Å²) in [5.74, 6) is -0.0120. The number of hydrogen-bond donors (Lipinski definition) is 2. The predicted octanol–water partition coefficient (Wildman–Crippen LogP) is 4.70. The van der Waals surface area contributed by atoms with Gasteiger partial charge in [-0.1, -0.05) is 61.8 Å². The van der Waals surface area contributed by atoms with E-state index < -0.39 is 24.3 Å². The molecule has 4 aliphatic rings. The van der Waals surface area contributed by atoms with E-state index in [0.717, 1.165) is 44.1 Å². The number of hydrogen-bond acceptors (Lipinski definition) is 6. The highest BCUT2D eigenvalue weighted by Crippen LogP contribution is 2.34. The number of carbonyl (C=O) groups is 1. The molecule has 3 aliphatic heterocycles. The molecule has 1 saturated carbocycles. The molecular weight excluding hydrogens is 444 g/mol. The van der Waals surface area contributed by atoms with Gasteiger partial charge in [0.25, 0.3) is 0 Å². The SMILES string of the molecule is C=C1CCC[C@@H]2CC=C[C@@H](C/C=C\C(=O)O[C@H]([C@@H](O)/C=C/C3CCCCC3)C[C@@H]3O[C@H]3[C@@H](O)C1)O2. The number of fused-ring (bicyclic) bond motifs is 3. The molecule has 0 unspecified atom stereocenters. The maximum absolute atomic E-state index is 12.6. The zero-order valence-electron chi connectivity index (χ0n) is 20.8. The summed E-state index contributed by atoms with van der Waals surface area (Å²) in [4.78, 5) is 12.6. The molecule has 194 valence electrons. The number of allylic oxidation sites excluding steroid dienone is 1. The topological polar surface area (TPSA) is 88.5 Å². The molecule has 2 N–H and O–H groups in total. The lowest BCUT2D eigenvalue weighted by atomic mass is 9.88. The summed E-state index contributed by atoms with van der Waals surface area (Å²) in [7, 11) is 0. The number of cyclic esters (lactones) is 1. The molecule has 2 bridgehead atoms. The summed E-state index contributed by atoms with van der Waals surface area (Å²) in [6.45, 7) is 4.15. The van der Waals surface area contributed by atoms with Crippen molar-refractivity contribution >= 4 is 5.97 Å². The molecule has 0 spiro atoms. The second-order valence-electron chi connectivity index (χ2n) is 10.6. The third-order valence-corrected chi connectivity index (χ3v) is 7.64. The predicted molar refractivity (Wildman–Crippen MR) is 135 cm³/mol. The Labute approximate surface area is 209 Å². The average molecular weight is 487 g/mol. The van der Waals surface area contributed by atoms with E-state index in [0.29, 0.717) is 25.2 Å². The van der Waals surface area contributed by atoms with Gasteiger partial charge in [0.1, 0.15) is 18.3 Å². The van der Waals surface area contributed by atoms with Crippen LogP contribution in [0, 0.1) is 5.92 Å². The molecule has 6 nitrogen and oxygen atoms in total. The first kappa shape index (κ1) is 26.3. The number of rotatable bonds is 3. The van der Waals surface area contributed by atoms with Crippen molar-refractivity contribution in [2.24, 2.45) is 5.92 Å². The molecule has 0 radical (unpaired) electrons. The number of aliphatic hydroxyl groups is 2. The second kappa shape index (κ2) is 13.0. The summed E-state index contributed by atoms with van der Waals surface area (Å²) in [6, 6.07) is 0. The number of carbonyl (C=O) groups excluding carboxylic acids is 1. The van der Waals surface area contributed by atoms with E-state index >= 15 is 0 Å². The number of aliphatic hydroxyl groups excluding tert-OH is 2. The van der Waals surface area contributed by atoms with Crippen molar-refractivity contribution in [3.8, 4) is 0 Å². The van der Waals surface area contributed by atoms with Crippen molar-refractivity contribution in [2.75, 3.05) is 0 Å². The number of ether oxygens (including phenoxy) is 3. The van der Waals surface area contributed by atoms with Gasteiger partial charge >= 0.3 is 5.97 Å². The minimum absolute atomic E-state index is 0.0536. The quantitative estimate of drug-likeness (QED) is 0.341. The van der Waals surface area contributed by atoms with E-state index in [1.54, 1.807) is 12.2 Å². The van der Waals surface area contributed by atoms with Crippen LogP contribution in [-0.4, -0.2) is 58.9 Å². The van der Waals surface area contributed by atoms with E-state index in [2.05, 4.69) is 18.7 Å². The van der Waals surface area contributed by atoms with Crippen molar-refractivity contribution in [3.63, 3.8) is 0 Å². The first-order chi connectivity index (χ1) is 17.0. The van der Waals surface area contributed by atoms with Crippen LogP contribution in [0.1, 0.15) is 77.0 Å². The fourth-order valence-electron chi connectivity index (χ4n) is 5.52. The van der Waals surface area contributed by atoms with E-state index in [1.807, 2.05) is 6.08 Å². The van der Waals surface area contributed by atoms with Crippen molar-refractivity contribution < 1.29 is 29.2 Å². The highest BCUT2D eigenvalue weighted by molar-refractivity contribution is 5.82. The zero-order valence-corrected chi connectivity index (χ0v) is 20.8. The van der Waals surface area contributed by atoms with Crippen LogP contribution in [-0.2, 0) is 19.0 Å². The first-order valence-corrected chi connectivity index (χ1v) is 13.5. The van der Waals surface area contributed by atoms with Crippen LogP contribution in [0.4, 0.5) is 0 Å². The monoisotopic (exact) mass is 486 g/mol.